The lowest BCUT2D eigenvalue weighted by molar-refractivity contribution is -0.117. The minimum Gasteiger partial charge on any atom is -0.506 e. The standard InChI is InChI=1S/C13H12FNO2.C11H13N3O/c14-11-7-8(15-5-1-2-13(15)17)6-10-9(11)3-4-12(10)16;15-11-4-3-9(14-8-11)1-2-10-7-12-5-6-13-10/h6-7H,1-5H2;3-4,7-8,15H,1-2,5-6H2. The largest absolute Gasteiger partial charge is 0.506 e. The third kappa shape index (κ3) is 5.07. The van der Waals surface area contributed by atoms with Crippen LogP contribution in [0.2, 0.25) is 0 Å². The highest BCUT2D eigenvalue weighted by Crippen LogP contribution is 2.31. The Morgan fingerprint density at radius 3 is 2.62 bits per heavy atom. The van der Waals surface area contributed by atoms with Gasteiger partial charge in [0.15, 0.2) is 5.78 Å². The van der Waals surface area contributed by atoms with Crippen LogP contribution in [-0.2, 0) is 17.6 Å². The fourth-order valence-corrected chi connectivity index (χ4v) is 4.00. The molecule has 8 heteroatoms. The zero-order valence-corrected chi connectivity index (χ0v) is 17.8. The molecule has 1 amide bonds. The fourth-order valence-electron chi connectivity index (χ4n) is 4.00. The Bertz CT molecular complexity index is 1080. The topological polar surface area (TPSA) is 95.2 Å². The number of aliphatic imine (C=N–C) groups is 2. The number of benzene rings is 1. The molecule has 1 N–H and O–H groups in total. The molecule has 0 saturated carbocycles. The van der Waals surface area contributed by atoms with Crippen molar-refractivity contribution in [3.63, 3.8) is 0 Å². The van der Waals surface area contributed by atoms with E-state index in [-0.39, 0.29) is 23.3 Å². The number of aryl methyl sites for hydroxylation is 1. The van der Waals surface area contributed by atoms with E-state index in [9.17, 15) is 14.0 Å². The number of halogens is 1. The number of amides is 1. The number of nitrogens with zero attached hydrogens (tertiary/aromatic N) is 4. The third-order valence-corrected chi connectivity index (χ3v) is 5.70. The molecule has 1 fully saturated rings. The summed E-state index contributed by atoms with van der Waals surface area (Å²) in [7, 11) is 0. The normalized spacial score (nSPS) is 17.2. The quantitative estimate of drug-likeness (QED) is 0.795. The first kappa shape index (κ1) is 21.8. The minimum absolute atomic E-state index is 0.00907. The molecule has 5 rings (SSSR count). The van der Waals surface area contributed by atoms with E-state index in [1.165, 1.54) is 12.3 Å². The maximum Gasteiger partial charge on any atom is 0.227 e. The number of anilines is 1. The van der Waals surface area contributed by atoms with E-state index in [0.717, 1.165) is 43.8 Å². The van der Waals surface area contributed by atoms with Crippen molar-refractivity contribution in [3.05, 3.63) is 53.1 Å². The maximum absolute atomic E-state index is 13.8. The molecule has 1 aliphatic carbocycles. The molecule has 2 aromatic rings. The van der Waals surface area contributed by atoms with Crippen LogP contribution in [0.1, 0.15) is 47.3 Å². The van der Waals surface area contributed by atoms with Crippen LogP contribution in [0.3, 0.4) is 0 Å². The van der Waals surface area contributed by atoms with Crippen molar-refractivity contribution in [1.29, 1.82) is 0 Å². The van der Waals surface area contributed by atoms with Gasteiger partial charge in [-0.05, 0) is 55.5 Å². The van der Waals surface area contributed by atoms with E-state index < -0.39 is 0 Å². The summed E-state index contributed by atoms with van der Waals surface area (Å²) in [4.78, 5) is 37.4. The molecule has 0 spiro atoms. The highest BCUT2D eigenvalue weighted by Gasteiger charge is 2.28. The minimum atomic E-state index is -0.358. The number of ketones is 1. The summed E-state index contributed by atoms with van der Waals surface area (Å²) in [5, 5.41) is 9.07. The highest BCUT2D eigenvalue weighted by atomic mass is 19.1. The van der Waals surface area contributed by atoms with Crippen LogP contribution < -0.4 is 4.90 Å². The molecule has 1 aromatic heterocycles. The Hall–Kier alpha value is -3.42. The van der Waals surface area contributed by atoms with Crippen LogP contribution in [0.15, 0.2) is 40.4 Å². The summed E-state index contributed by atoms with van der Waals surface area (Å²) in [5.74, 6) is -0.166. The first-order chi connectivity index (χ1) is 15.5. The first-order valence-corrected chi connectivity index (χ1v) is 10.8. The molecule has 0 bridgehead atoms. The summed E-state index contributed by atoms with van der Waals surface area (Å²) in [6.45, 7) is 2.22. The van der Waals surface area contributed by atoms with Crippen molar-refractivity contribution in [1.82, 2.24) is 4.98 Å². The number of carbonyl (C=O) groups excluding carboxylic acids is 2. The monoisotopic (exact) mass is 436 g/mol. The molecule has 2 aliphatic heterocycles. The second kappa shape index (κ2) is 9.80. The average molecular weight is 436 g/mol. The van der Waals surface area contributed by atoms with Gasteiger partial charge < -0.3 is 10.0 Å². The maximum atomic E-state index is 13.8. The van der Waals surface area contributed by atoms with Gasteiger partial charge in [-0.25, -0.2) is 4.39 Å². The summed E-state index contributed by atoms with van der Waals surface area (Å²) < 4.78 is 13.8. The lowest BCUT2D eigenvalue weighted by Crippen LogP contribution is -2.24. The lowest BCUT2D eigenvalue weighted by Gasteiger charge is -2.17. The van der Waals surface area contributed by atoms with Gasteiger partial charge in [-0.3, -0.25) is 24.6 Å². The second-order valence-corrected chi connectivity index (χ2v) is 7.94. The molecular weight excluding hydrogens is 411 g/mol. The molecule has 0 unspecified atom stereocenters. The molecule has 3 aliphatic rings. The van der Waals surface area contributed by atoms with Crippen LogP contribution in [0.25, 0.3) is 0 Å². The van der Waals surface area contributed by atoms with E-state index >= 15 is 0 Å². The number of aromatic hydroxyl groups is 1. The summed E-state index contributed by atoms with van der Waals surface area (Å²) in [6, 6.07) is 6.52. The lowest BCUT2D eigenvalue weighted by atomic mass is 10.1. The molecule has 0 atom stereocenters. The number of aromatic nitrogens is 1. The third-order valence-electron chi connectivity index (χ3n) is 5.70. The Labute approximate surface area is 185 Å². The number of hydrogen-bond acceptors (Lipinski definition) is 6. The van der Waals surface area contributed by atoms with Gasteiger partial charge in [0.2, 0.25) is 5.91 Å². The SMILES string of the molecule is O=C1CCc2c(F)cc(N3CCCC3=O)cc21.Oc1ccc(CCC2=NCCN=C2)nc1. The first-order valence-electron chi connectivity index (χ1n) is 10.8. The number of hydrogen-bond donors (Lipinski definition) is 1. The van der Waals surface area contributed by atoms with Gasteiger partial charge >= 0.3 is 0 Å². The summed E-state index contributed by atoms with van der Waals surface area (Å²) >= 11 is 0. The van der Waals surface area contributed by atoms with E-state index in [1.807, 2.05) is 12.3 Å². The van der Waals surface area contributed by atoms with Crippen LogP contribution in [0, 0.1) is 5.82 Å². The molecule has 1 aromatic carbocycles. The number of pyridine rings is 1. The van der Waals surface area contributed by atoms with Crippen molar-refractivity contribution in [3.8, 4) is 5.75 Å². The van der Waals surface area contributed by atoms with Crippen molar-refractivity contribution < 1.29 is 19.1 Å². The van der Waals surface area contributed by atoms with Gasteiger partial charge in [0.25, 0.3) is 0 Å². The predicted octanol–water partition coefficient (Wildman–Crippen LogP) is 3.33. The van der Waals surface area contributed by atoms with E-state index in [4.69, 9.17) is 5.11 Å². The summed E-state index contributed by atoms with van der Waals surface area (Å²) in [5.41, 5.74) is 3.50. The van der Waals surface area contributed by atoms with Crippen LogP contribution in [0.5, 0.6) is 5.75 Å². The zero-order chi connectivity index (χ0) is 22.5. The number of Topliss-reactive ketones (excluding diaryl/α,β-unsaturated/α-hetero) is 1. The number of rotatable bonds is 4. The summed E-state index contributed by atoms with van der Waals surface area (Å²) in [6.07, 6.45) is 7.17. The molecule has 7 nitrogen and oxygen atoms in total. The van der Waals surface area contributed by atoms with E-state index in [0.29, 0.717) is 42.6 Å². The van der Waals surface area contributed by atoms with Gasteiger partial charge in [-0.15, -0.1) is 0 Å². The van der Waals surface area contributed by atoms with Crippen molar-refractivity contribution in [2.45, 2.75) is 38.5 Å². The van der Waals surface area contributed by atoms with Crippen LogP contribution >= 0.6 is 0 Å². The van der Waals surface area contributed by atoms with Gasteiger partial charge in [0.1, 0.15) is 11.6 Å². The van der Waals surface area contributed by atoms with Crippen molar-refractivity contribution in [2.24, 2.45) is 9.98 Å². The molecule has 3 heterocycles. The van der Waals surface area contributed by atoms with E-state index in [2.05, 4.69) is 15.0 Å². The Morgan fingerprint density at radius 2 is 1.94 bits per heavy atom. The van der Waals surface area contributed by atoms with Crippen molar-refractivity contribution >= 4 is 29.3 Å². The van der Waals surface area contributed by atoms with Crippen LogP contribution in [-0.4, -0.2) is 53.3 Å². The second-order valence-electron chi connectivity index (χ2n) is 7.94. The Balaban J connectivity index is 0.000000155. The van der Waals surface area contributed by atoms with Crippen molar-refractivity contribution in [2.75, 3.05) is 24.5 Å². The van der Waals surface area contributed by atoms with Gasteiger partial charge in [0, 0.05) is 42.5 Å². The average Bonchev–Trinajstić information content (AvgIpc) is 3.40. The molecular formula is C24H25FN4O3. The zero-order valence-electron chi connectivity index (χ0n) is 17.8. The molecule has 1 saturated heterocycles. The van der Waals surface area contributed by atoms with Gasteiger partial charge in [-0.1, -0.05) is 0 Å². The van der Waals surface area contributed by atoms with E-state index in [1.54, 1.807) is 17.0 Å². The smallest absolute Gasteiger partial charge is 0.227 e. The highest BCUT2D eigenvalue weighted by molar-refractivity contribution is 6.30. The fraction of sp³-hybridized carbons (Fsp3) is 0.375. The number of carbonyl (C=O) groups is 2. The predicted molar refractivity (Wildman–Crippen MR) is 121 cm³/mol. The molecule has 32 heavy (non-hydrogen) atoms. The molecule has 0 radical (unpaired) electrons. The van der Waals surface area contributed by atoms with Gasteiger partial charge in [0.05, 0.1) is 25.0 Å². The van der Waals surface area contributed by atoms with Gasteiger partial charge in [-0.2, -0.15) is 0 Å². The Kier molecular flexibility index (Phi) is 6.68. The Morgan fingerprint density at radius 1 is 1.06 bits per heavy atom. The van der Waals surface area contributed by atoms with Crippen LogP contribution in [0.4, 0.5) is 10.1 Å². The number of fused-ring (bicyclic) bond motifs is 1. The molecule has 166 valence electrons.